The first kappa shape index (κ1) is 10.7. The maximum absolute atomic E-state index is 6.15. The normalized spacial score (nSPS) is 18.2. The fraction of sp³-hybridized carbons (Fsp3) is 0.455. The van der Waals surface area contributed by atoms with Gasteiger partial charge in [-0.25, -0.2) is 0 Å². The van der Waals surface area contributed by atoms with Crippen LogP contribution in [-0.2, 0) is 0 Å². The van der Waals surface area contributed by atoms with Gasteiger partial charge in [-0.3, -0.25) is 0 Å². The van der Waals surface area contributed by atoms with Crippen LogP contribution in [0.15, 0.2) is 27.1 Å². The first-order valence-corrected chi connectivity index (χ1v) is 6.46. The van der Waals surface area contributed by atoms with Gasteiger partial charge in [-0.1, -0.05) is 44.7 Å². The number of hydrogen-bond donors (Lipinski definition) is 1. The van der Waals surface area contributed by atoms with E-state index in [1.165, 1.54) is 18.4 Å². The van der Waals surface area contributed by atoms with Crippen LogP contribution in [0.5, 0.6) is 0 Å². The summed E-state index contributed by atoms with van der Waals surface area (Å²) in [6.45, 7) is 0. The van der Waals surface area contributed by atoms with Gasteiger partial charge in [0.15, 0.2) is 0 Å². The molecule has 1 aromatic rings. The summed E-state index contributed by atoms with van der Waals surface area (Å²) in [4.78, 5) is 0. The van der Waals surface area contributed by atoms with Crippen LogP contribution in [0.3, 0.4) is 0 Å². The topological polar surface area (TPSA) is 26.0 Å². The van der Waals surface area contributed by atoms with Crippen molar-refractivity contribution in [3.8, 4) is 0 Å². The molecule has 0 amide bonds. The summed E-state index contributed by atoms with van der Waals surface area (Å²) in [5.41, 5.74) is 7.37. The number of hydrogen-bond acceptors (Lipinski definition) is 1. The fourth-order valence-electron chi connectivity index (χ4n) is 1.64. The Labute approximate surface area is 101 Å². The zero-order valence-corrected chi connectivity index (χ0v) is 11.0. The molecule has 0 unspecified atom stereocenters. The molecule has 1 aliphatic carbocycles. The second-order valence-electron chi connectivity index (χ2n) is 3.95. The minimum Gasteiger partial charge on any atom is -0.324 e. The highest BCUT2D eigenvalue weighted by Crippen LogP contribution is 2.38. The van der Waals surface area contributed by atoms with Crippen molar-refractivity contribution in [2.24, 2.45) is 11.7 Å². The quantitative estimate of drug-likeness (QED) is 0.895. The molecule has 2 rings (SSSR count). The molecule has 14 heavy (non-hydrogen) atoms. The average molecular weight is 319 g/mol. The van der Waals surface area contributed by atoms with E-state index in [4.69, 9.17) is 5.73 Å². The fourth-order valence-corrected chi connectivity index (χ4v) is 2.56. The standard InChI is InChI=1S/C11H13Br2N/c12-8-3-4-10(13)9(6-8)11(14)5-7-1-2-7/h3-4,6-7,11H,1-2,5,14H2/t11-/m0/s1. The third kappa shape index (κ3) is 2.59. The Bertz CT molecular complexity index is 334. The van der Waals surface area contributed by atoms with Gasteiger partial charge < -0.3 is 5.73 Å². The van der Waals surface area contributed by atoms with Gasteiger partial charge in [0.25, 0.3) is 0 Å². The molecule has 1 saturated carbocycles. The van der Waals surface area contributed by atoms with Crippen molar-refractivity contribution >= 4 is 31.9 Å². The molecule has 0 spiro atoms. The third-order valence-electron chi connectivity index (χ3n) is 2.64. The second kappa shape index (κ2) is 4.33. The Morgan fingerprint density at radius 2 is 2.07 bits per heavy atom. The molecule has 2 N–H and O–H groups in total. The highest BCUT2D eigenvalue weighted by molar-refractivity contribution is 9.11. The van der Waals surface area contributed by atoms with Crippen molar-refractivity contribution in [1.82, 2.24) is 0 Å². The van der Waals surface area contributed by atoms with Gasteiger partial charge in [-0.05, 0) is 36.1 Å². The van der Waals surface area contributed by atoms with Crippen LogP contribution < -0.4 is 5.73 Å². The Balaban J connectivity index is 2.15. The van der Waals surface area contributed by atoms with Gasteiger partial charge >= 0.3 is 0 Å². The molecule has 1 fully saturated rings. The van der Waals surface area contributed by atoms with Crippen LogP contribution in [0, 0.1) is 5.92 Å². The van der Waals surface area contributed by atoms with Gasteiger partial charge in [0, 0.05) is 15.0 Å². The SMILES string of the molecule is N[C@@H](CC1CC1)c1cc(Br)ccc1Br. The van der Waals surface area contributed by atoms with Crippen LogP contribution in [-0.4, -0.2) is 0 Å². The van der Waals surface area contributed by atoms with Crippen molar-refractivity contribution in [3.63, 3.8) is 0 Å². The van der Waals surface area contributed by atoms with E-state index < -0.39 is 0 Å². The number of nitrogens with two attached hydrogens (primary N) is 1. The third-order valence-corrected chi connectivity index (χ3v) is 3.86. The molecule has 0 radical (unpaired) electrons. The number of rotatable bonds is 3. The summed E-state index contributed by atoms with van der Waals surface area (Å²) in [5.74, 6) is 0.871. The van der Waals surface area contributed by atoms with Crippen molar-refractivity contribution in [3.05, 3.63) is 32.7 Å². The maximum atomic E-state index is 6.15. The maximum Gasteiger partial charge on any atom is 0.0309 e. The van der Waals surface area contributed by atoms with E-state index in [0.29, 0.717) is 0 Å². The Hall–Kier alpha value is 0.140. The molecule has 0 aliphatic heterocycles. The molecular weight excluding hydrogens is 306 g/mol. The highest BCUT2D eigenvalue weighted by atomic mass is 79.9. The minimum atomic E-state index is 0.175. The summed E-state index contributed by atoms with van der Waals surface area (Å²) in [6.07, 6.45) is 3.84. The molecule has 0 bridgehead atoms. The monoisotopic (exact) mass is 317 g/mol. The van der Waals surface area contributed by atoms with Crippen LogP contribution in [0.25, 0.3) is 0 Å². The number of halogens is 2. The van der Waals surface area contributed by atoms with Gasteiger partial charge in [-0.2, -0.15) is 0 Å². The van der Waals surface area contributed by atoms with Crippen LogP contribution in [0.2, 0.25) is 0 Å². The van der Waals surface area contributed by atoms with E-state index in [2.05, 4.69) is 37.9 Å². The molecule has 1 nitrogen and oxygen atoms in total. The lowest BCUT2D eigenvalue weighted by Crippen LogP contribution is -2.11. The summed E-state index contributed by atoms with van der Waals surface area (Å²) in [5, 5.41) is 0. The first-order valence-electron chi connectivity index (χ1n) is 4.87. The summed E-state index contributed by atoms with van der Waals surface area (Å²) >= 11 is 7.01. The summed E-state index contributed by atoms with van der Waals surface area (Å²) < 4.78 is 2.22. The second-order valence-corrected chi connectivity index (χ2v) is 5.72. The predicted octanol–water partition coefficient (Wildman–Crippen LogP) is 4.01. The highest BCUT2D eigenvalue weighted by Gasteiger charge is 2.25. The van der Waals surface area contributed by atoms with E-state index in [1.54, 1.807) is 0 Å². The van der Waals surface area contributed by atoms with Crippen molar-refractivity contribution in [2.75, 3.05) is 0 Å². The van der Waals surface area contributed by atoms with Crippen LogP contribution in [0.1, 0.15) is 30.9 Å². The van der Waals surface area contributed by atoms with Crippen molar-refractivity contribution in [2.45, 2.75) is 25.3 Å². The van der Waals surface area contributed by atoms with Gasteiger partial charge in [0.05, 0.1) is 0 Å². The van der Waals surface area contributed by atoms with Gasteiger partial charge in [0.2, 0.25) is 0 Å². The zero-order chi connectivity index (χ0) is 10.1. The minimum absolute atomic E-state index is 0.175. The largest absolute Gasteiger partial charge is 0.324 e. The molecule has 76 valence electrons. The molecule has 0 aromatic heterocycles. The lowest BCUT2D eigenvalue weighted by Gasteiger charge is -2.13. The molecular formula is C11H13Br2N. The van der Waals surface area contributed by atoms with Crippen LogP contribution >= 0.6 is 31.9 Å². The van der Waals surface area contributed by atoms with Crippen molar-refractivity contribution < 1.29 is 0 Å². The smallest absolute Gasteiger partial charge is 0.0309 e. The van der Waals surface area contributed by atoms with E-state index in [1.807, 2.05) is 12.1 Å². The van der Waals surface area contributed by atoms with Gasteiger partial charge in [-0.15, -0.1) is 0 Å². The Kier molecular flexibility index (Phi) is 3.30. The van der Waals surface area contributed by atoms with E-state index in [-0.39, 0.29) is 6.04 Å². The number of benzene rings is 1. The van der Waals surface area contributed by atoms with Crippen LogP contribution in [0.4, 0.5) is 0 Å². The molecule has 1 aliphatic rings. The molecule has 0 saturated heterocycles. The Morgan fingerprint density at radius 3 is 2.71 bits per heavy atom. The first-order chi connectivity index (χ1) is 6.66. The zero-order valence-electron chi connectivity index (χ0n) is 7.84. The van der Waals surface area contributed by atoms with E-state index in [0.717, 1.165) is 21.3 Å². The molecule has 3 heteroatoms. The predicted molar refractivity (Wildman–Crippen MR) is 66.1 cm³/mol. The van der Waals surface area contributed by atoms with Crippen molar-refractivity contribution in [1.29, 1.82) is 0 Å². The molecule has 0 heterocycles. The lowest BCUT2D eigenvalue weighted by molar-refractivity contribution is 0.595. The summed E-state index contributed by atoms with van der Waals surface area (Å²) in [6, 6.07) is 6.36. The lowest BCUT2D eigenvalue weighted by atomic mass is 10.0. The molecule has 1 aromatic carbocycles. The van der Waals surface area contributed by atoms with E-state index >= 15 is 0 Å². The average Bonchev–Trinajstić information content (AvgIpc) is 2.93. The molecule has 1 atom stereocenters. The van der Waals surface area contributed by atoms with E-state index in [9.17, 15) is 0 Å². The van der Waals surface area contributed by atoms with Gasteiger partial charge in [0.1, 0.15) is 0 Å². The Morgan fingerprint density at radius 1 is 1.36 bits per heavy atom. The summed E-state index contributed by atoms with van der Waals surface area (Å²) in [7, 11) is 0.